The number of amides is 1. The van der Waals surface area contributed by atoms with Gasteiger partial charge in [0.15, 0.2) is 11.5 Å². The highest BCUT2D eigenvalue weighted by atomic mass is 32.1. The molecule has 3 rings (SSSR count). The van der Waals surface area contributed by atoms with Crippen molar-refractivity contribution in [2.75, 3.05) is 26.6 Å². The molecular weight excluding hydrogens is 386 g/mol. The topological polar surface area (TPSA) is 56.8 Å². The SMILES string of the molecule is COc1cc(CC(=O)Nc2cccc(C#Cc3cccs3)c2)cc(OC)c1OC. The van der Waals surface area contributed by atoms with Gasteiger partial charge < -0.3 is 19.5 Å². The Morgan fingerprint density at radius 1 is 0.966 bits per heavy atom. The maximum absolute atomic E-state index is 12.5. The number of anilines is 1. The van der Waals surface area contributed by atoms with E-state index in [1.807, 2.05) is 41.8 Å². The van der Waals surface area contributed by atoms with Gasteiger partial charge >= 0.3 is 0 Å². The molecular formula is C23H21NO4S. The average Bonchev–Trinajstić information content (AvgIpc) is 3.25. The van der Waals surface area contributed by atoms with Crippen LogP contribution in [-0.4, -0.2) is 27.2 Å². The van der Waals surface area contributed by atoms with Crippen molar-refractivity contribution in [2.24, 2.45) is 0 Å². The highest BCUT2D eigenvalue weighted by molar-refractivity contribution is 7.10. The van der Waals surface area contributed by atoms with Gasteiger partial charge in [-0.1, -0.05) is 24.0 Å². The molecule has 6 heteroatoms. The molecule has 0 saturated heterocycles. The smallest absolute Gasteiger partial charge is 0.228 e. The third kappa shape index (κ3) is 5.31. The fourth-order valence-electron chi connectivity index (χ4n) is 2.79. The number of hydrogen-bond donors (Lipinski definition) is 1. The largest absolute Gasteiger partial charge is 0.493 e. The fourth-order valence-corrected chi connectivity index (χ4v) is 3.36. The minimum absolute atomic E-state index is 0.150. The third-order valence-electron chi connectivity index (χ3n) is 4.09. The lowest BCUT2D eigenvalue weighted by Crippen LogP contribution is -2.14. The van der Waals surface area contributed by atoms with Gasteiger partial charge in [0.1, 0.15) is 0 Å². The molecule has 29 heavy (non-hydrogen) atoms. The van der Waals surface area contributed by atoms with Crippen molar-refractivity contribution in [3.63, 3.8) is 0 Å². The number of hydrogen-bond acceptors (Lipinski definition) is 5. The number of nitrogens with one attached hydrogen (secondary N) is 1. The van der Waals surface area contributed by atoms with E-state index < -0.39 is 0 Å². The summed E-state index contributed by atoms with van der Waals surface area (Å²) < 4.78 is 16.0. The summed E-state index contributed by atoms with van der Waals surface area (Å²) in [4.78, 5) is 13.5. The van der Waals surface area contributed by atoms with Crippen LogP contribution in [0.3, 0.4) is 0 Å². The van der Waals surface area contributed by atoms with Crippen LogP contribution < -0.4 is 19.5 Å². The van der Waals surface area contributed by atoms with Gasteiger partial charge in [-0.15, -0.1) is 11.3 Å². The molecule has 0 spiro atoms. The van der Waals surface area contributed by atoms with Gasteiger partial charge in [0.05, 0.1) is 32.6 Å². The van der Waals surface area contributed by atoms with Gasteiger partial charge in [-0.3, -0.25) is 4.79 Å². The van der Waals surface area contributed by atoms with Crippen LogP contribution in [-0.2, 0) is 11.2 Å². The Balaban J connectivity index is 1.72. The zero-order valence-corrected chi connectivity index (χ0v) is 17.3. The number of carbonyl (C=O) groups excluding carboxylic acids is 1. The first kappa shape index (κ1) is 20.3. The summed E-state index contributed by atoms with van der Waals surface area (Å²) in [7, 11) is 4.63. The highest BCUT2D eigenvalue weighted by Gasteiger charge is 2.15. The van der Waals surface area contributed by atoms with Crippen molar-refractivity contribution >= 4 is 22.9 Å². The van der Waals surface area contributed by atoms with Gasteiger partial charge in [0.2, 0.25) is 11.7 Å². The molecule has 0 bridgehead atoms. The van der Waals surface area contributed by atoms with Crippen LogP contribution in [0.5, 0.6) is 17.2 Å². The van der Waals surface area contributed by atoms with E-state index in [4.69, 9.17) is 14.2 Å². The molecule has 0 unspecified atom stereocenters. The lowest BCUT2D eigenvalue weighted by Gasteiger charge is -2.14. The monoisotopic (exact) mass is 407 g/mol. The fraction of sp³-hybridized carbons (Fsp3) is 0.174. The first-order valence-corrected chi connectivity index (χ1v) is 9.75. The molecule has 1 heterocycles. The van der Waals surface area contributed by atoms with Crippen LogP contribution in [0.2, 0.25) is 0 Å². The quantitative estimate of drug-likeness (QED) is 0.617. The molecule has 0 aliphatic rings. The minimum atomic E-state index is -0.150. The third-order valence-corrected chi connectivity index (χ3v) is 4.87. The summed E-state index contributed by atoms with van der Waals surface area (Å²) in [5.74, 6) is 7.60. The Hall–Kier alpha value is -3.43. The highest BCUT2D eigenvalue weighted by Crippen LogP contribution is 2.38. The Morgan fingerprint density at radius 3 is 2.34 bits per heavy atom. The van der Waals surface area contributed by atoms with Crippen molar-refractivity contribution in [3.05, 3.63) is 69.9 Å². The summed E-state index contributed by atoms with van der Waals surface area (Å²) in [6, 6.07) is 14.9. The molecule has 0 radical (unpaired) electrons. The number of methoxy groups -OCH3 is 3. The standard InChI is InChI=1S/C23H21NO4S/c1-26-20-13-17(14-21(27-2)23(20)28-3)15-22(25)24-18-7-4-6-16(12-18)9-10-19-8-5-11-29-19/h4-8,11-14H,15H2,1-3H3,(H,24,25). The van der Waals surface area contributed by atoms with Crippen LogP contribution in [0.1, 0.15) is 16.0 Å². The maximum Gasteiger partial charge on any atom is 0.228 e. The van der Waals surface area contributed by atoms with Crippen molar-refractivity contribution in [1.82, 2.24) is 0 Å². The van der Waals surface area contributed by atoms with Crippen molar-refractivity contribution in [2.45, 2.75) is 6.42 Å². The van der Waals surface area contributed by atoms with E-state index in [-0.39, 0.29) is 12.3 Å². The minimum Gasteiger partial charge on any atom is -0.493 e. The normalized spacial score (nSPS) is 9.90. The predicted molar refractivity (Wildman–Crippen MR) is 115 cm³/mol. The van der Waals surface area contributed by atoms with Crippen LogP contribution in [0, 0.1) is 11.8 Å². The molecule has 1 amide bonds. The van der Waals surface area contributed by atoms with Crippen molar-refractivity contribution < 1.29 is 19.0 Å². The summed E-state index contributed by atoms with van der Waals surface area (Å²) >= 11 is 1.59. The number of rotatable bonds is 6. The summed E-state index contributed by atoms with van der Waals surface area (Å²) in [6.45, 7) is 0. The van der Waals surface area contributed by atoms with Crippen molar-refractivity contribution in [1.29, 1.82) is 0 Å². The van der Waals surface area contributed by atoms with Gasteiger partial charge in [-0.05, 0) is 47.3 Å². The summed E-state index contributed by atoms with van der Waals surface area (Å²) in [6.07, 6.45) is 0.168. The molecule has 3 aromatic rings. The first-order chi connectivity index (χ1) is 14.1. The van der Waals surface area contributed by atoms with E-state index in [1.54, 1.807) is 44.8 Å². The van der Waals surface area contributed by atoms with Crippen LogP contribution in [0.4, 0.5) is 5.69 Å². The molecule has 2 aromatic carbocycles. The zero-order chi connectivity index (χ0) is 20.6. The molecule has 1 N–H and O–H groups in total. The Kier molecular flexibility index (Phi) is 6.77. The molecule has 0 fully saturated rings. The Morgan fingerprint density at radius 2 is 1.72 bits per heavy atom. The van der Waals surface area contributed by atoms with E-state index in [1.165, 1.54) is 0 Å². The second-order valence-corrected chi connectivity index (χ2v) is 7.01. The van der Waals surface area contributed by atoms with Crippen LogP contribution in [0.15, 0.2) is 53.9 Å². The van der Waals surface area contributed by atoms with E-state index in [0.717, 1.165) is 16.0 Å². The van der Waals surface area contributed by atoms with Crippen LogP contribution in [0.25, 0.3) is 0 Å². The molecule has 148 valence electrons. The van der Waals surface area contributed by atoms with Gasteiger partial charge in [-0.25, -0.2) is 0 Å². The number of ether oxygens (including phenoxy) is 3. The predicted octanol–water partition coefficient (Wildman–Crippen LogP) is 4.35. The maximum atomic E-state index is 12.5. The van der Waals surface area contributed by atoms with E-state index in [0.29, 0.717) is 22.9 Å². The second-order valence-electron chi connectivity index (χ2n) is 6.07. The lowest BCUT2D eigenvalue weighted by molar-refractivity contribution is -0.115. The number of thiophene rings is 1. The van der Waals surface area contributed by atoms with Gasteiger partial charge in [0.25, 0.3) is 0 Å². The lowest BCUT2D eigenvalue weighted by atomic mass is 10.1. The Bertz CT molecular complexity index is 1020. The van der Waals surface area contributed by atoms with Gasteiger partial charge in [0, 0.05) is 11.3 Å². The van der Waals surface area contributed by atoms with Crippen LogP contribution >= 0.6 is 11.3 Å². The zero-order valence-electron chi connectivity index (χ0n) is 16.4. The molecule has 1 aromatic heterocycles. The molecule has 0 aliphatic heterocycles. The first-order valence-electron chi connectivity index (χ1n) is 8.87. The molecule has 5 nitrogen and oxygen atoms in total. The van der Waals surface area contributed by atoms with E-state index in [9.17, 15) is 4.79 Å². The second kappa shape index (κ2) is 9.67. The summed E-state index contributed by atoms with van der Waals surface area (Å²) in [5.41, 5.74) is 2.29. The number of benzene rings is 2. The van der Waals surface area contributed by atoms with Crippen molar-refractivity contribution in [3.8, 4) is 29.1 Å². The molecule has 0 atom stereocenters. The molecule has 0 saturated carbocycles. The van der Waals surface area contributed by atoms with E-state index in [2.05, 4.69) is 17.2 Å². The molecule has 0 aliphatic carbocycles. The van der Waals surface area contributed by atoms with E-state index >= 15 is 0 Å². The number of carbonyl (C=O) groups is 1. The summed E-state index contributed by atoms with van der Waals surface area (Å²) in [5, 5.41) is 4.90. The average molecular weight is 407 g/mol. The van der Waals surface area contributed by atoms with Gasteiger partial charge in [-0.2, -0.15) is 0 Å². The Labute approximate surface area is 174 Å².